The van der Waals surface area contributed by atoms with Gasteiger partial charge in [0.1, 0.15) is 0 Å². The molecule has 23 heavy (non-hydrogen) atoms. The van der Waals surface area contributed by atoms with Crippen LogP contribution in [0.4, 0.5) is 5.69 Å². The van der Waals surface area contributed by atoms with Crippen molar-refractivity contribution in [2.75, 3.05) is 19.0 Å². The molecule has 3 nitrogen and oxygen atoms in total. The van der Waals surface area contributed by atoms with Gasteiger partial charge in [0, 0.05) is 25.3 Å². The fraction of sp³-hybridized carbons (Fsp3) is 0.350. The molecule has 0 heterocycles. The highest BCUT2D eigenvalue weighted by Gasteiger charge is 2.37. The zero-order chi connectivity index (χ0) is 16.3. The van der Waals surface area contributed by atoms with E-state index in [4.69, 9.17) is 0 Å². The quantitative estimate of drug-likeness (QED) is 0.927. The standard InChI is InChI=1S/C20H24N2O/c1-22(2)18-12-8-9-16(15-18)19(23)21-20(13-6-7-14-20)17-10-4-3-5-11-17/h3-5,8-12,15H,6-7,13-14H2,1-2H3,(H,21,23). The number of nitrogens with zero attached hydrogens (tertiary/aromatic N) is 1. The second-order valence-electron chi connectivity index (χ2n) is 6.55. The SMILES string of the molecule is CN(C)c1cccc(C(=O)NC2(c3ccccc3)CCCC2)c1. The normalized spacial score (nSPS) is 16.1. The van der Waals surface area contributed by atoms with E-state index in [1.165, 1.54) is 5.56 Å². The van der Waals surface area contributed by atoms with Crippen molar-refractivity contribution in [3.8, 4) is 0 Å². The van der Waals surface area contributed by atoms with Crippen molar-refractivity contribution < 1.29 is 4.79 Å². The molecule has 0 atom stereocenters. The molecule has 0 unspecified atom stereocenters. The summed E-state index contributed by atoms with van der Waals surface area (Å²) < 4.78 is 0. The Morgan fingerprint density at radius 3 is 2.35 bits per heavy atom. The monoisotopic (exact) mass is 308 g/mol. The molecule has 1 saturated carbocycles. The van der Waals surface area contributed by atoms with Gasteiger partial charge in [-0.05, 0) is 36.6 Å². The van der Waals surface area contributed by atoms with Crippen molar-refractivity contribution in [3.05, 3.63) is 65.7 Å². The number of carbonyl (C=O) groups is 1. The van der Waals surface area contributed by atoms with Gasteiger partial charge in [-0.3, -0.25) is 4.79 Å². The predicted molar refractivity (Wildman–Crippen MR) is 94.8 cm³/mol. The fourth-order valence-electron chi connectivity index (χ4n) is 3.44. The molecule has 0 bridgehead atoms. The number of hydrogen-bond donors (Lipinski definition) is 1. The summed E-state index contributed by atoms with van der Waals surface area (Å²) in [6.45, 7) is 0. The third-order valence-corrected chi connectivity index (χ3v) is 4.76. The van der Waals surface area contributed by atoms with E-state index >= 15 is 0 Å². The molecule has 0 saturated heterocycles. The molecule has 1 N–H and O–H groups in total. The second-order valence-corrected chi connectivity index (χ2v) is 6.55. The fourth-order valence-corrected chi connectivity index (χ4v) is 3.44. The average Bonchev–Trinajstić information content (AvgIpc) is 3.05. The van der Waals surface area contributed by atoms with Gasteiger partial charge in [-0.15, -0.1) is 0 Å². The van der Waals surface area contributed by atoms with E-state index in [1.807, 2.05) is 61.5 Å². The summed E-state index contributed by atoms with van der Waals surface area (Å²) in [7, 11) is 3.97. The first-order valence-corrected chi connectivity index (χ1v) is 8.26. The molecule has 2 aromatic rings. The summed E-state index contributed by atoms with van der Waals surface area (Å²) in [6, 6.07) is 18.2. The van der Waals surface area contributed by atoms with Crippen molar-refractivity contribution in [2.45, 2.75) is 31.2 Å². The minimum atomic E-state index is -0.216. The molecule has 0 aromatic heterocycles. The van der Waals surface area contributed by atoms with Crippen molar-refractivity contribution in [2.24, 2.45) is 0 Å². The highest BCUT2D eigenvalue weighted by molar-refractivity contribution is 5.95. The predicted octanol–water partition coefficient (Wildman–Crippen LogP) is 3.95. The van der Waals surface area contributed by atoms with Crippen molar-refractivity contribution >= 4 is 11.6 Å². The molecule has 3 rings (SSSR count). The molecule has 2 aromatic carbocycles. The molecular formula is C20H24N2O. The van der Waals surface area contributed by atoms with Crippen molar-refractivity contribution in [3.63, 3.8) is 0 Å². The van der Waals surface area contributed by atoms with E-state index < -0.39 is 0 Å². The summed E-state index contributed by atoms with van der Waals surface area (Å²) in [6.07, 6.45) is 4.34. The molecule has 3 heteroatoms. The largest absolute Gasteiger partial charge is 0.378 e. The van der Waals surface area contributed by atoms with Crippen LogP contribution in [0.15, 0.2) is 54.6 Å². The number of carbonyl (C=O) groups excluding carboxylic acids is 1. The van der Waals surface area contributed by atoms with Gasteiger partial charge < -0.3 is 10.2 Å². The topological polar surface area (TPSA) is 32.3 Å². The Morgan fingerprint density at radius 2 is 1.70 bits per heavy atom. The number of rotatable bonds is 4. The summed E-state index contributed by atoms with van der Waals surface area (Å²) in [5.74, 6) is 0.0134. The summed E-state index contributed by atoms with van der Waals surface area (Å²) in [5, 5.41) is 3.33. The van der Waals surface area contributed by atoms with E-state index in [1.54, 1.807) is 0 Å². The molecule has 1 aliphatic rings. The van der Waals surface area contributed by atoms with Crippen LogP contribution in [0.1, 0.15) is 41.6 Å². The minimum Gasteiger partial charge on any atom is -0.378 e. The van der Waals surface area contributed by atoms with Crippen LogP contribution < -0.4 is 10.2 Å². The number of nitrogens with one attached hydrogen (secondary N) is 1. The number of amides is 1. The number of benzene rings is 2. The van der Waals surface area contributed by atoms with Crippen LogP contribution in [0.5, 0.6) is 0 Å². The number of hydrogen-bond acceptors (Lipinski definition) is 2. The Labute approximate surface area is 138 Å². The molecule has 0 radical (unpaired) electrons. The molecule has 1 amide bonds. The molecule has 0 aliphatic heterocycles. The van der Waals surface area contributed by atoms with E-state index in [9.17, 15) is 4.79 Å². The van der Waals surface area contributed by atoms with Gasteiger partial charge in [0.25, 0.3) is 5.91 Å². The number of anilines is 1. The second kappa shape index (κ2) is 6.45. The first kappa shape index (κ1) is 15.6. The lowest BCUT2D eigenvalue weighted by Crippen LogP contribution is -2.43. The maximum Gasteiger partial charge on any atom is 0.252 e. The zero-order valence-corrected chi connectivity index (χ0v) is 13.9. The first-order chi connectivity index (χ1) is 11.1. The molecule has 0 spiro atoms. The zero-order valence-electron chi connectivity index (χ0n) is 13.9. The van der Waals surface area contributed by atoms with Crippen LogP contribution in [0.3, 0.4) is 0 Å². The Morgan fingerprint density at radius 1 is 1.00 bits per heavy atom. The molecule has 1 fully saturated rings. The minimum absolute atomic E-state index is 0.0134. The van der Waals surface area contributed by atoms with Gasteiger partial charge >= 0.3 is 0 Å². The highest BCUT2D eigenvalue weighted by Crippen LogP contribution is 2.38. The van der Waals surface area contributed by atoms with Gasteiger partial charge in [0.05, 0.1) is 5.54 Å². The van der Waals surface area contributed by atoms with E-state index in [0.29, 0.717) is 0 Å². The van der Waals surface area contributed by atoms with Crippen LogP contribution in [-0.2, 0) is 5.54 Å². The van der Waals surface area contributed by atoms with E-state index in [0.717, 1.165) is 36.9 Å². The van der Waals surface area contributed by atoms with E-state index in [-0.39, 0.29) is 11.4 Å². The van der Waals surface area contributed by atoms with Crippen LogP contribution in [0, 0.1) is 0 Å². The van der Waals surface area contributed by atoms with Gasteiger partial charge in [-0.1, -0.05) is 49.2 Å². The van der Waals surface area contributed by atoms with Crippen LogP contribution in [0.25, 0.3) is 0 Å². The Kier molecular flexibility index (Phi) is 4.37. The van der Waals surface area contributed by atoms with Crippen LogP contribution >= 0.6 is 0 Å². The first-order valence-electron chi connectivity index (χ1n) is 8.26. The Bertz CT molecular complexity index is 673. The lowest BCUT2D eigenvalue weighted by Gasteiger charge is -2.31. The molecule has 120 valence electrons. The maximum absolute atomic E-state index is 12.8. The van der Waals surface area contributed by atoms with Crippen molar-refractivity contribution in [1.82, 2.24) is 5.32 Å². The summed E-state index contributed by atoms with van der Waals surface area (Å²) in [5.41, 5.74) is 2.76. The van der Waals surface area contributed by atoms with Gasteiger partial charge in [-0.2, -0.15) is 0 Å². The third kappa shape index (κ3) is 3.24. The van der Waals surface area contributed by atoms with Gasteiger partial charge in [0.15, 0.2) is 0 Å². The Balaban J connectivity index is 1.86. The average molecular weight is 308 g/mol. The van der Waals surface area contributed by atoms with Gasteiger partial charge in [0.2, 0.25) is 0 Å². The summed E-state index contributed by atoms with van der Waals surface area (Å²) in [4.78, 5) is 14.8. The maximum atomic E-state index is 12.8. The van der Waals surface area contributed by atoms with E-state index in [2.05, 4.69) is 17.4 Å². The lowest BCUT2D eigenvalue weighted by atomic mass is 9.88. The van der Waals surface area contributed by atoms with Crippen molar-refractivity contribution in [1.29, 1.82) is 0 Å². The van der Waals surface area contributed by atoms with Crippen LogP contribution in [0.2, 0.25) is 0 Å². The molecule has 1 aliphatic carbocycles. The smallest absolute Gasteiger partial charge is 0.252 e. The lowest BCUT2D eigenvalue weighted by molar-refractivity contribution is 0.0898. The Hall–Kier alpha value is -2.29. The third-order valence-electron chi connectivity index (χ3n) is 4.76. The van der Waals surface area contributed by atoms with Gasteiger partial charge in [-0.25, -0.2) is 0 Å². The summed E-state index contributed by atoms with van der Waals surface area (Å²) >= 11 is 0. The highest BCUT2D eigenvalue weighted by atomic mass is 16.1. The van der Waals surface area contributed by atoms with Crippen LogP contribution in [-0.4, -0.2) is 20.0 Å². The molecular weight excluding hydrogens is 284 g/mol.